The highest BCUT2D eigenvalue weighted by atomic mass is 16.5. The Kier molecular flexibility index (Phi) is 5.28. The number of aromatic nitrogens is 2. The second kappa shape index (κ2) is 6.96. The number of rotatable bonds is 5. The minimum absolute atomic E-state index is 0.372. The van der Waals surface area contributed by atoms with Gasteiger partial charge in [0.05, 0.1) is 6.61 Å². The predicted octanol–water partition coefficient (Wildman–Crippen LogP) is 2.00. The molecule has 0 amide bonds. The van der Waals surface area contributed by atoms with Crippen molar-refractivity contribution in [2.45, 2.75) is 51.9 Å². The standard InChI is InChI=1S/C15H25N3O/c1-3-13-12(7-8-16)14(4-2)18-15(17-13)11-6-5-9-19-10-11/h11H,3-10,16H2,1-2H3. The molecule has 0 bridgehead atoms. The number of ether oxygens (including phenoxy) is 1. The molecule has 0 aliphatic carbocycles. The third-order valence-electron chi connectivity index (χ3n) is 3.79. The maximum Gasteiger partial charge on any atom is 0.134 e. The van der Waals surface area contributed by atoms with E-state index in [1.807, 2.05) is 0 Å². The Morgan fingerprint density at radius 1 is 1.21 bits per heavy atom. The molecule has 4 heteroatoms. The van der Waals surface area contributed by atoms with Gasteiger partial charge in [0.15, 0.2) is 0 Å². The number of nitrogens with zero attached hydrogens (tertiary/aromatic N) is 2. The zero-order chi connectivity index (χ0) is 13.7. The van der Waals surface area contributed by atoms with Crippen molar-refractivity contribution < 1.29 is 4.74 Å². The molecule has 1 atom stereocenters. The Labute approximate surface area is 115 Å². The maximum absolute atomic E-state index is 5.71. The van der Waals surface area contributed by atoms with Crippen molar-refractivity contribution in [3.63, 3.8) is 0 Å². The Bertz CT molecular complexity index is 389. The van der Waals surface area contributed by atoms with Crippen LogP contribution in [-0.4, -0.2) is 29.7 Å². The number of nitrogens with two attached hydrogens (primary N) is 1. The third-order valence-corrected chi connectivity index (χ3v) is 3.79. The molecule has 0 spiro atoms. The number of aryl methyl sites for hydroxylation is 2. The second-order valence-corrected chi connectivity index (χ2v) is 5.11. The van der Waals surface area contributed by atoms with E-state index in [2.05, 4.69) is 13.8 Å². The summed E-state index contributed by atoms with van der Waals surface area (Å²) in [6.45, 7) is 6.62. The summed E-state index contributed by atoms with van der Waals surface area (Å²) in [5.41, 5.74) is 9.34. The van der Waals surface area contributed by atoms with Crippen molar-refractivity contribution >= 4 is 0 Å². The molecule has 0 radical (unpaired) electrons. The minimum atomic E-state index is 0.372. The van der Waals surface area contributed by atoms with Crippen LogP contribution in [0.4, 0.5) is 0 Å². The van der Waals surface area contributed by atoms with Gasteiger partial charge in [0, 0.05) is 23.9 Å². The maximum atomic E-state index is 5.71. The van der Waals surface area contributed by atoms with Crippen LogP contribution in [0, 0.1) is 0 Å². The Hall–Kier alpha value is -1.00. The lowest BCUT2D eigenvalue weighted by Crippen LogP contribution is -2.21. The molecular weight excluding hydrogens is 238 g/mol. The summed E-state index contributed by atoms with van der Waals surface area (Å²) in [5.74, 6) is 1.35. The average Bonchev–Trinajstić information content (AvgIpc) is 2.48. The molecule has 1 aliphatic rings. The molecule has 2 rings (SSSR count). The van der Waals surface area contributed by atoms with Gasteiger partial charge in [-0.1, -0.05) is 13.8 Å². The predicted molar refractivity (Wildman–Crippen MR) is 76.3 cm³/mol. The molecule has 0 saturated carbocycles. The summed E-state index contributed by atoms with van der Waals surface area (Å²) in [4.78, 5) is 9.59. The molecule has 106 valence electrons. The van der Waals surface area contributed by atoms with E-state index in [-0.39, 0.29) is 0 Å². The fourth-order valence-corrected chi connectivity index (χ4v) is 2.75. The Morgan fingerprint density at radius 2 is 1.89 bits per heavy atom. The summed E-state index contributed by atoms with van der Waals surface area (Å²) < 4.78 is 5.56. The van der Waals surface area contributed by atoms with Gasteiger partial charge in [0.2, 0.25) is 0 Å². The molecule has 1 fully saturated rings. The molecule has 19 heavy (non-hydrogen) atoms. The van der Waals surface area contributed by atoms with Gasteiger partial charge >= 0.3 is 0 Å². The van der Waals surface area contributed by atoms with Gasteiger partial charge < -0.3 is 10.5 Å². The largest absolute Gasteiger partial charge is 0.381 e. The number of hydrogen-bond acceptors (Lipinski definition) is 4. The highest BCUT2D eigenvalue weighted by Crippen LogP contribution is 2.25. The van der Waals surface area contributed by atoms with Crippen LogP contribution in [0.15, 0.2) is 0 Å². The van der Waals surface area contributed by atoms with Crippen LogP contribution in [0.3, 0.4) is 0 Å². The van der Waals surface area contributed by atoms with Crippen molar-refractivity contribution in [3.05, 3.63) is 22.8 Å². The molecule has 1 aromatic rings. The highest BCUT2D eigenvalue weighted by molar-refractivity contribution is 5.28. The number of hydrogen-bond donors (Lipinski definition) is 1. The van der Waals surface area contributed by atoms with E-state index in [9.17, 15) is 0 Å². The van der Waals surface area contributed by atoms with E-state index >= 15 is 0 Å². The quantitative estimate of drug-likeness (QED) is 0.882. The van der Waals surface area contributed by atoms with E-state index in [0.717, 1.165) is 51.1 Å². The van der Waals surface area contributed by atoms with Gasteiger partial charge in [0.25, 0.3) is 0 Å². The van der Waals surface area contributed by atoms with E-state index in [1.54, 1.807) is 0 Å². The van der Waals surface area contributed by atoms with Crippen molar-refractivity contribution in [2.24, 2.45) is 5.73 Å². The van der Waals surface area contributed by atoms with Gasteiger partial charge in [0.1, 0.15) is 5.82 Å². The molecule has 1 unspecified atom stereocenters. The topological polar surface area (TPSA) is 61.0 Å². The van der Waals surface area contributed by atoms with Crippen molar-refractivity contribution in [3.8, 4) is 0 Å². The van der Waals surface area contributed by atoms with E-state index < -0.39 is 0 Å². The van der Waals surface area contributed by atoms with E-state index in [0.29, 0.717) is 12.5 Å². The van der Waals surface area contributed by atoms with E-state index in [1.165, 1.54) is 17.0 Å². The zero-order valence-electron chi connectivity index (χ0n) is 12.1. The minimum Gasteiger partial charge on any atom is -0.381 e. The fourth-order valence-electron chi connectivity index (χ4n) is 2.75. The lowest BCUT2D eigenvalue weighted by molar-refractivity contribution is 0.0779. The van der Waals surface area contributed by atoms with Crippen LogP contribution in [0.1, 0.15) is 55.4 Å². The lowest BCUT2D eigenvalue weighted by atomic mass is 9.99. The summed E-state index contributed by atoms with van der Waals surface area (Å²) in [5, 5.41) is 0. The molecular formula is C15H25N3O. The zero-order valence-corrected chi connectivity index (χ0v) is 12.1. The van der Waals surface area contributed by atoms with Crippen LogP contribution in [0.25, 0.3) is 0 Å². The van der Waals surface area contributed by atoms with Gasteiger partial charge in [-0.05, 0) is 44.2 Å². The normalized spacial score (nSPS) is 19.6. The SMILES string of the molecule is CCc1nc(C2CCCOC2)nc(CC)c1CCN. The summed E-state index contributed by atoms with van der Waals surface area (Å²) in [6.07, 6.45) is 5.04. The molecule has 2 heterocycles. The van der Waals surface area contributed by atoms with Gasteiger partial charge in [-0.2, -0.15) is 0 Å². The van der Waals surface area contributed by atoms with Gasteiger partial charge in [-0.15, -0.1) is 0 Å². The lowest BCUT2D eigenvalue weighted by Gasteiger charge is -2.23. The van der Waals surface area contributed by atoms with Gasteiger partial charge in [-0.3, -0.25) is 0 Å². The Morgan fingerprint density at radius 3 is 2.37 bits per heavy atom. The molecule has 0 aromatic carbocycles. The van der Waals surface area contributed by atoms with Crippen molar-refractivity contribution in [2.75, 3.05) is 19.8 Å². The van der Waals surface area contributed by atoms with Crippen molar-refractivity contribution in [1.29, 1.82) is 0 Å². The first-order chi connectivity index (χ1) is 9.30. The summed E-state index contributed by atoms with van der Waals surface area (Å²) in [7, 11) is 0. The first-order valence-electron chi connectivity index (χ1n) is 7.46. The first-order valence-corrected chi connectivity index (χ1v) is 7.46. The smallest absolute Gasteiger partial charge is 0.134 e. The summed E-state index contributed by atoms with van der Waals surface area (Å²) >= 11 is 0. The first kappa shape index (κ1) is 14.4. The average molecular weight is 263 g/mol. The van der Waals surface area contributed by atoms with Gasteiger partial charge in [-0.25, -0.2) is 9.97 Å². The monoisotopic (exact) mass is 263 g/mol. The van der Waals surface area contributed by atoms with Crippen LogP contribution in [0.5, 0.6) is 0 Å². The second-order valence-electron chi connectivity index (χ2n) is 5.11. The molecule has 1 saturated heterocycles. The van der Waals surface area contributed by atoms with Crippen LogP contribution in [0.2, 0.25) is 0 Å². The van der Waals surface area contributed by atoms with Crippen LogP contribution in [-0.2, 0) is 24.0 Å². The molecule has 1 aromatic heterocycles. The third kappa shape index (κ3) is 3.31. The summed E-state index contributed by atoms with van der Waals surface area (Å²) in [6, 6.07) is 0. The molecule has 1 aliphatic heterocycles. The molecule has 2 N–H and O–H groups in total. The van der Waals surface area contributed by atoms with Crippen molar-refractivity contribution in [1.82, 2.24) is 9.97 Å². The fraction of sp³-hybridized carbons (Fsp3) is 0.733. The molecule has 4 nitrogen and oxygen atoms in total. The van der Waals surface area contributed by atoms with E-state index in [4.69, 9.17) is 20.4 Å². The van der Waals surface area contributed by atoms with Crippen LogP contribution < -0.4 is 5.73 Å². The Balaban J connectivity index is 2.34. The highest BCUT2D eigenvalue weighted by Gasteiger charge is 2.21. The van der Waals surface area contributed by atoms with Crippen LogP contribution >= 0.6 is 0 Å².